The zero-order chi connectivity index (χ0) is 20.2. The molecule has 0 aliphatic carbocycles. The molecule has 2 aromatic heterocycles. The van der Waals surface area contributed by atoms with Crippen LogP contribution < -0.4 is 4.74 Å². The van der Waals surface area contributed by atoms with E-state index in [-0.39, 0.29) is 16.8 Å². The fourth-order valence-electron chi connectivity index (χ4n) is 3.16. The third-order valence-corrected chi connectivity index (χ3v) is 5.60. The number of hydrogen-bond donors (Lipinski definition) is 0. The predicted molar refractivity (Wildman–Crippen MR) is 106 cm³/mol. The highest BCUT2D eigenvalue weighted by molar-refractivity contribution is 7.99. The van der Waals surface area contributed by atoms with Gasteiger partial charge in [0, 0.05) is 24.4 Å². The molecule has 3 aromatic rings. The summed E-state index contributed by atoms with van der Waals surface area (Å²) in [7, 11) is 1.61. The summed E-state index contributed by atoms with van der Waals surface area (Å²) in [5.74, 6) is 1.42. The molecular weight excluding hydrogens is 394 g/mol. The van der Waals surface area contributed by atoms with Crippen LogP contribution in [0.2, 0.25) is 0 Å². The molecule has 0 unspecified atom stereocenters. The fourth-order valence-corrected chi connectivity index (χ4v) is 4.05. The van der Waals surface area contributed by atoms with Gasteiger partial charge in [-0.3, -0.25) is 14.7 Å². The standard InChI is InChI=1S/C19H19N5O4S/c1-27-14-8-6-13(7-9-14)17-21-22-19(23(17)12-15-4-3-11-28-15)29-18-16(24(25)26)5-2-10-20-18/h2,5-10,15H,3-4,11-12H2,1H3/t15-/m1/s1. The highest BCUT2D eigenvalue weighted by Gasteiger charge is 2.24. The lowest BCUT2D eigenvalue weighted by Gasteiger charge is -2.14. The molecule has 4 rings (SSSR count). The van der Waals surface area contributed by atoms with E-state index in [0.29, 0.717) is 17.5 Å². The maximum absolute atomic E-state index is 11.3. The molecule has 1 fully saturated rings. The number of aromatic nitrogens is 4. The molecule has 0 radical (unpaired) electrons. The minimum atomic E-state index is -0.444. The van der Waals surface area contributed by atoms with Crippen molar-refractivity contribution in [2.24, 2.45) is 0 Å². The molecule has 1 aliphatic rings. The molecule has 0 N–H and O–H groups in total. The van der Waals surface area contributed by atoms with Crippen LogP contribution in [0.15, 0.2) is 52.8 Å². The molecule has 3 heterocycles. The summed E-state index contributed by atoms with van der Waals surface area (Å²) in [6.45, 7) is 1.30. The first-order valence-electron chi connectivity index (χ1n) is 9.12. The Balaban J connectivity index is 1.71. The summed E-state index contributed by atoms with van der Waals surface area (Å²) in [4.78, 5) is 15.1. The van der Waals surface area contributed by atoms with Crippen LogP contribution in [0.25, 0.3) is 11.4 Å². The molecule has 150 valence electrons. The van der Waals surface area contributed by atoms with E-state index in [1.54, 1.807) is 13.2 Å². The second kappa shape index (κ2) is 8.58. The Kier molecular flexibility index (Phi) is 5.72. The van der Waals surface area contributed by atoms with Gasteiger partial charge in [0.15, 0.2) is 16.0 Å². The van der Waals surface area contributed by atoms with Crippen molar-refractivity contribution >= 4 is 17.4 Å². The smallest absolute Gasteiger partial charge is 0.301 e. The van der Waals surface area contributed by atoms with Gasteiger partial charge in [0.05, 0.1) is 24.7 Å². The van der Waals surface area contributed by atoms with Gasteiger partial charge in [0.2, 0.25) is 0 Å². The number of methoxy groups -OCH3 is 1. The number of pyridine rings is 1. The third kappa shape index (κ3) is 4.22. The maximum atomic E-state index is 11.3. The van der Waals surface area contributed by atoms with Gasteiger partial charge in [-0.2, -0.15) is 0 Å². The number of nitrogens with zero attached hydrogens (tertiary/aromatic N) is 5. The van der Waals surface area contributed by atoms with Crippen molar-refractivity contribution in [1.82, 2.24) is 19.7 Å². The van der Waals surface area contributed by atoms with Crippen LogP contribution in [0.1, 0.15) is 12.8 Å². The summed E-state index contributed by atoms with van der Waals surface area (Å²) < 4.78 is 13.0. The van der Waals surface area contributed by atoms with Crippen molar-refractivity contribution in [2.75, 3.05) is 13.7 Å². The first-order valence-corrected chi connectivity index (χ1v) is 9.94. The summed E-state index contributed by atoms with van der Waals surface area (Å²) in [6.07, 6.45) is 3.55. The lowest BCUT2D eigenvalue weighted by Crippen LogP contribution is -2.16. The van der Waals surface area contributed by atoms with Crippen LogP contribution >= 0.6 is 11.8 Å². The summed E-state index contributed by atoms with van der Waals surface area (Å²) in [5.41, 5.74) is 0.814. The first-order chi connectivity index (χ1) is 14.2. The van der Waals surface area contributed by atoms with Gasteiger partial charge in [-0.1, -0.05) is 0 Å². The first kappa shape index (κ1) is 19.3. The van der Waals surface area contributed by atoms with Crippen molar-refractivity contribution in [1.29, 1.82) is 0 Å². The number of ether oxygens (including phenoxy) is 2. The molecule has 9 nitrogen and oxygen atoms in total. The average molecular weight is 413 g/mol. The van der Waals surface area contributed by atoms with Crippen LogP contribution in [-0.4, -0.2) is 44.5 Å². The second-order valence-electron chi connectivity index (χ2n) is 6.47. The van der Waals surface area contributed by atoms with Crippen molar-refractivity contribution in [2.45, 2.75) is 35.7 Å². The third-order valence-electron chi connectivity index (χ3n) is 4.61. The Bertz CT molecular complexity index is 1000. The number of nitro groups is 1. The van der Waals surface area contributed by atoms with E-state index in [0.717, 1.165) is 42.5 Å². The van der Waals surface area contributed by atoms with E-state index >= 15 is 0 Å². The van der Waals surface area contributed by atoms with Gasteiger partial charge >= 0.3 is 5.69 Å². The lowest BCUT2D eigenvalue weighted by atomic mass is 10.2. The highest BCUT2D eigenvalue weighted by atomic mass is 32.2. The van der Waals surface area contributed by atoms with E-state index in [9.17, 15) is 10.1 Å². The highest BCUT2D eigenvalue weighted by Crippen LogP contribution is 2.34. The summed E-state index contributed by atoms with van der Waals surface area (Å²) in [5, 5.41) is 20.8. The van der Waals surface area contributed by atoms with Crippen LogP contribution in [-0.2, 0) is 11.3 Å². The topological polar surface area (TPSA) is 105 Å². The average Bonchev–Trinajstić information content (AvgIpc) is 3.39. The fraction of sp³-hybridized carbons (Fsp3) is 0.316. The molecule has 0 saturated carbocycles. The molecule has 1 atom stereocenters. The molecule has 1 aliphatic heterocycles. The van der Waals surface area contributed by atoms with Gasteiger partial charge in [-0.25, -0.2) is 4.98 Å². The number of rotatable bonds is 7. The minimum Gasteiger partial charge on any atom is -0.497 e. The van der Waals surface area contributed by atoms with Gasteiger partial charge in [0.1, 0.15) is 5.75 Å². The molecule has 10 heteroatoms. The van der Waals surface area contributed by atoms with E-state index in [1.807, 2.05) is 28.8 Å². The molecule has 1 saturated heterocycles. The van der Waals surface area contributed by atoms with Crippen LogP contribution in [0.3, 0.4) is 0 Å². The number of hydrogen-bond acceptors (Lipinski definition) is 8. The predicted octanol–water partition coefficient (Wildman–Crippen LogP) is 3.59. The van der Waals surface area contributed by atoms with Crippen LogP contribution in [0.4, 0.5) is 5.69 Å². The Hall–Kier alpha value is -2.98. The normalized spacial score (nSPS) is 16.1. The molecular formula is C19H19N5O4S. The minimum absolute atomic E-state index is 0.0565. The summed E-state index contributed by atoms with van der Waals surface area (Å²) in [6, 6.07) is 10.5. The monoisotopic (exact) mass is 413 g/mol. The molecule has 0 amide bonds. The van der Waals surface area contributed by atoms with Crippen LogP contribution in [0.5, 0.6) is 5.75 Å². The molecule has 0 spiro atoms. The number of benzene rings is 1. The Morgan fingerprint density at radius 1 is 1.31 bits per heavy atom. The zero-order valence-electron chi connectivity index (χ0n) is 15.7. The van der Waals surface area contributed by atoms with Crippen molar-refractivity contribution < 1.29 is 14.4 Å². The molecule has 1 aromatic carbocycles. The molecule has 29 heavy (non-hydrogen) atoms. The largest absolute Gasteiger partial charge is 0.497 e. The van der Waals surface area contributed by atoms with E-state index < -0.39 is 4.92 Å². The van der Waals surface area contributed by atoms with Crippen LogP contribution in [0, 0.1) is 10.1 Å². The maximum Gasteiger partial charge on any atom is 0.301 e. The van der Waals surface area contributed by atoms with Crippen molar-refractivity contribution in [3.05, 3.63) is 52.7 Å². The second-order valence-corrected chi connectivity index (χ2v) is 7.42. The molecule has 0 bridgehead atoms. The van der Waals surface area contributed by atoms with E-state index in [4.69, 9.17) is 9.47 Å². The van der Waals surface area contributed by atoms with Crippen molar-refractivity contribution in [3.8, 4) is 17.1 Å². The Morgan fingerprint density at radius 3 is 2.83 bits per heavy atom. The zero-order valence-corrected chi connectivity index (χ0v) is 16.5. The Morgan fingerprint density at radius 2 is 2.14 bits per heavy atom. The SMILES string of the molecule is COc1ccc(-c2nnc(Sc3ncccc3[N+](=O)[O-])n2C[C@H]2CCCO2)cc1. The van der Waals surface area contributed by atoms with Gasteiger partial charge in [-0.05, 0) is 54.9 Å². The summed E-state index contributed by atoms with van der Waals surface area (Å²) >= 11 is 1.13. The Labute approximate surface area is 171 Å². The van der Waals surface area contributed by atoms with E-state index in [2.05, 4.69) is 15.2 Å². The van der Waals surface area contributed by atoms with Gasteiger partial charge < -0.3 is 9.47 Å². The van der Waals surface area contributed by atoms with E-state index in [1.165, 1.54) is 12.3 Å². The quantitative estimate of drug-likeness (QED) is 0.427. The lowest BCUT2D eigenvalue weighted by molar-refractivity contribution is -0.388. The van der Waals surface area contributed by atoms with Gasteiger partial charge in [0.25, 0.3) is 0 Å². The van der Waals surface area contributed by atoms with Gasteiger partial charge in [-0.15, -0.1) is 10.2 Å². The van der Waals surface area contributed by atoms with Crippen molar-refractivity contribution in [3.63, 3.8) is 0 Å².